The molecule has 9 heteroatoms. The summed E-state index contributed by atoms with van der Waals surface area (Å²) in [6, 6.07) is 18.9. The van der Waals surface area contributed by atoms with Gasteiger partial charge >= 0.3 is 5.97 Å². The zero-order chi connectivity index (χ0) is 24.4. The van der Waals surface area contributed by atoms with Gasteiger partial charge in [0.25, 0.3) is 11.5 Å². The van der Waals surface area contributed by atoms with Gasteiger partial charge in [-0.3, -0.25) is 14.2 Å². The first-order valence-electron chi connectivity index (χ1n) is 11.2. The summed E-state index contributed by atoms with van der Waals surface area (Å²) >= 11 is 1.12. The molecule has 5 rings (SSSR count). The highest BCUT2D eigenvalue weighted by molar-refractivity contribution is 7.20. The van der Waals surface area contributed by atoms with E-state index in [9.17, 15) is 14.4 Å². The van der Waals surface area contributed by atoms with E-state index in [1.807, 2.05) is 60.7 Å². The lowest BCUT2D eigenvalue weighted by Gasteiger charge is -2.08. The Morgan fingerprint density at radius 1 is 1.09 bits per heavy atom. The fourth-order valence-corrected chi connectivity index (χ4v) is 5.19. The highest BCUT2D eigenvalue weighted by Gasteiger charge is 2.24. The monoisotopic (exact) mass is 486 g/mol. The average Bonchev–Trinajstić information content (AvgIpc) is 3.49. The average molecular weight is 487 g/mol. The van der Waals surface area contributed by atoms with Gasteiger partial charge in [0.2, 0.25) is 0 Å². The van der Waals surface area contributed by atoms with Crippen LogP contribution in [0.25, 0.3) is 10.2 Å². The maximum atomic E-state index is 12.8. The molecule has 2 aromatic heterocycles. The summed E-state index contributed by atoms with van der Waals surface area (Å²) in [6.45, 7) is 1.84. The van der Waals surface area contributed by atoms with Gasteiger partial charge < -0.3 is 4.74 Å². The summed E-state index contributed by atoms with van der Waals surface area (Å²) in [5.41, 5.74) is 5.14. The quantitative estimate of drug-likeness (QED) is 0.256. The van der Waals surface area contributed by atoms with E-state index < -0.39 is 18.5 Å². The molecule has 0 saturated carbocycles. The summed E-state index contributed by atoms with van der Waals surface area (Å²) < 4.78 is 6.90. The normalized spacial score (nSPS) is 12.3. The molecule has 35 heavy (non-hydrogen) atoms. The molecule has 1 aliphatic rings. The summed E-state index contributed by atoms with van der Waals surface area (Å²) in [7, 11) is 0. The van der Waals surface area contributed by atoms with Crippen molar-refractivity contribution < 1.29 is 14.3 Å². The Labute approximate surface area is 204 Å². The van der Waals surface area contributed by atoms with Crippen LogP contribution in [-0.4, -0.2) is 33.7 Å². The van der Waals surface area contributed by atoms with E-state index in [0.717, 1.165) is 41.1 Å². The second-order valence-corrected chi connectivity index (χ2v) is 9.13. The van der Waals surface area contributed by atoms with Crippen LogP contribution in [0.3, 0.4) is 0 Å². The number of hydrogen-bond acceptors (Lipinski definition) is 7. The Morgan fingerprint density at radius 3 is 2.40 bits per heavy atom. The van der Waals surface area contributed by atoms with Gasteiger partial charge in [-0.15, -0.1) is 11.3 Å². The Morgan fingerprint density at radius 2 is 1.74 bits per heavy atom. The Kier molecular flexibility index (Phi) is 6.24. The van der Waals surface area contributed by atoms with Crippen LogP contribution in [-0.2, 0) is 22.5 Å². The predicted octanol–water partition coefficient (Wildman–Crippen LogP) is 3.44. The van der Waals surface area contributed by atoms with E-state index in [1.165, 1.54) is 0 Å². The molecule has 0 spiro atoms. The number of benzene rings is 2. The molecule has 8 nitrogen and oxygen atoms in total. The fraction of sp³-hybridized carbons (Fsp3) is 0.192. The lowest BCUT2D eigenvalue weighted by molar-refractivity contribution is -0.124. The minimum absolute atomic E-state index is 0.128. The largest absolute Gasteiger partial charge is 0.451 e. The van der Waals surface area contributed by atoms with Crippen LogP contribution in [0, 0.1) is 6.92 Å². The highest BCUT2D eigenvalue weighted by atomic mass is 32.1. The number of carbonyl (C=O) groups is 2. The molecule has 176 valence electrons. The van der Waals surface area contributed by atoms with Gasteiger partial charge in [0.05, 0.1) is 11.1 Å². The van der Waals surface area contributed by atoms with Crippen LogP contribution in [0.4, 0.5) is 0 Å². The smallest absolute Gasteiger partial charge is 0.349 e. The number of ether oxygens (including phenoxy) is 1. The van der Waals surface area contributed by atoms with Gasteiger partial charge in [-0.2, -0.15) is 5.10 Å². The van der Waals surface area contributed by atoms with Crippen molar-refractivity contribution in [1.29, 1.82) is 0 Å². The van der Waals surface area contributed by atoms with Crippen molar-refractivity contribution >= 4 is 39.1 Å². The summed E-state index contributed by atoms with van der Waals surface area (Å²) in [4.78, 5) is 43.3. The van der Waals surface area contributed by atoms with E-state index in [0.29, 0.717) is 28.0 Å². The van der Waals surface area contributed by atoms with E-state index in [2.05, 4.69) is 15.5 Å². The summed E-state index contributed by atoms with van der Waals surface area (Å²) in [5, 5.41) is 4.73. The standard InChI is InChI=1S/C26H22N4O4S/c1-16-21-24(27-19-13-8-14-30(19)25(21)32)35-23(16)26(33)34-15-20(31)28-29-22(17-9-4-2-5-10-17)18-11-6-3-7-12-18/h2-7,9-12H,8,13-15H2,1H3,(H,28,31). The number of esters is 1. The fourth-order valence-electron chi connectivity index (χ4n) is 4.11. The lowest BCUT2D eigenvalue weighted by Crippen LogP contribution is -2.26. The molecule has 1 N–H and O–H groups in total. The third kappa shape index (κ3) is 4.50. The SMILES string of the molecule is Cc1c(C(=O)OCC(=O)NN=C(c2ccccc2)c2ccccc2)sc2nc3n(c(=O)c12)CCC3. The van der Waals surface area contributed by atoms with E-state index in [-0.39, 0.29) is 10.4 Å². The van der Waals surface area contributed by atoms with Crippen LogP contribution >= 0.6 is 11.3 Å². The minimum atomic E-state index is -0.666. The number of nitrogens with one attached hydrogen (secondary N) is 1. The van der Waals surface area contributed by atoms with Crippen LogP contribution in [0.2, 0.25) is 0 Å². The first-order chi connectivity index (χ1) is 17.0. The zero-order valence-corrected chi connectivity index (χ0v) is 19.8. The number of nitrogens with zero attached hydrogens (tertiary/aromatic N) is 3. The number of aryl methyl sites for hydroxylation is 2. The number of amides is 1. The molecule has 0 radical (unpaired) electrons. The van der Waals surface area contributed by atoms with E-state index in [4.69, 9.17) is 4.74 Å². The van der Waals surface area contributed by atoms with Crippen molar-refractivity contribution in [2.24, 2.45) is 5.10 Å². The van der Waals surface area contributed by atoms with E-state index in [1.54, 1.807) is 11.5 Å². The molecule has 2 aromatic carbocycles. The molecule has 0 bridgehead atoms. The van der Waals surface area contributed by atoms with Gasteiger partial charge in [0.1, 0.15) is 15.5 Å². The molecular weight excluding hydrogens is 464 g/mol. The second-order valence-electron chi connectivity index (χ2n) is 8.13. The first kappa shape index (κ1) is 22.7. The topological polar surface area (TPSA) is 103 Å². The predicted molar refractivity (Wildman–Crippen MR) is 134 cm³/mol. The van der Waals surface area contributed by atoms with Gasteiger partial charge in [0.15, 0.2) is 6.61 Å². The third-order valence-electron chi connectivity index (χ3n) is 5.82. The number of thiophene rings is 1. The molecule has 0 atom stereocenters. The van der Waals surface area contributed by atoms with E-state index >= 15 is 0 Å². The van der Waals surface area contributed by atoms with Crippen molar-refractivity contribution in [3.05, 3.63) is 98.4 Å². The number of hydrogen-bond donors (Lipinski definition) is 1. The van der Waals surface area contributed by atoms with Crippen LogP contribution < -0.4 is 11.0 Å². The number of carbonyl (C=O) groups excluding carboxylic acids is 2. The molecule has 4 aromatic rings. The molecular formula is C26H22N4O4S. The van der Waals surface area contributed by atoms with Crippen LogP contribution in [0.1, 0.15) is 38.6 Å². The molecule has 0 fully saturated rings. The Hall–Kier alpha value is -4.11. The molecule has 0 unspecified atom stereocenters. The molecule has 3 heterocycles. The Balaban J connectivity index is 1.30. The third-order valence-corrected chi connectivity index (χ3v) is 6.98. The van der Waals surface area contributed by atoms with Gasteiger partial charge in [-0.05, 0) is 18.9 Å². The van der Waals surface area contributed by atoms with Gasteiger partial charge in [-0.25, -0.2) is 15.2 Å². The van der Waals surface area contributed by atoms with Crippen molar-refractivity contribution in [3.8, 4) is 0 Å². The first-order valence-corrected chi connectivity index (χ1v) is 12.0. The van der Waals surface area contributed by atoms with Crippen molar-refractivity contribution in [2.75, 3.05) is 6.61 Å². The number of aromatic nitrogens is 2. The summed E-state index contributed by atoms with van der Waals surface area (Å²) in [5.74, 6) is -0.493. The maximum absolute atomic E-state index is 12.8. The highest BCUT2D eigenvalue weighted by Crippen LogP contribution is 2.29. The maximum Gasteiger partial charge on any atom is 0.349 e. The zero-order valence-electron chi connectivity index (χ0n) is 19.0. The molecule has 0 aliphatic carbocycles. The number of rotatable bonds is 6. The molecule has 1 aliphatic heterocycles. The number of hydrazone groups is 1. The van der Waals surface area contributed by atoms with Crippen molar-refractivity contribution in [1.82, 2.24) is 15.0 Å². The molecule has 1 amide bonds. The van der Waals surface area contributed by atoms with Crippen LogP contribution in [0.15, 0.2) is 70.6 Å². The van der Waals surface area contributed by atoms with Gasteiger partial charge in [-0.1, -0.05) is 60.7 Å². The minimum Gasteiger partial charge on any atom is -0.451 e. The van der Waals surface area contributed by atoms with Crippen LogP contribution in [0.5, 0.6) is 0 Å². The van der Waals surface area contributed by atoms with Gasteiger partial charge in [0, 0.05) is 24.1 Å². The van der Waals surface area contributed by atoms with Crippen molar-refractivity contribution in [2.45, 2.75) is 26.3 Å². The molecule has 0 saturated heterocycles. The summed E-state index contributed by atoms with van der Waals surface area (Å²) in [6.07, 6.45) is 1.64. The van der Waals surface area contributed by atoms with Crippen molar-refractivity contribution in [3.63, 3.8) is 0 Å². The lowest BCUT2D eigenvalue weighted by atomic mass is 10.0. The second kappa shape index (κ2) is 9.63. The number of fused-ring (bicyclic) bond motifs is 2. The Bertz CT molecular complexity index is 1470.